The summed E-state index contributed by atoms with van der Waals surface area (Å²) in [6.07, 6.45) is 1.54. The predicted molar refractivity (Wildman–Crippen MR) is 44.3 cm³/mol. The van der Waals surface area contributed by atoms with E-state index in [1.54, 1.807) is 0 Å². The largest absolute Gasteiger partial charge is 0.385 e. The summed E-state index contributed by atoms with van der Waals surface area (Å²) in [5.41, 5.74) is -1.17. The Balaban J connectivity index is 4.79. The van der Waals surface area contributed by atoms with Gasteiger partial charge in [0.15, 0.2) is 0 Å². The highest BCUT2D eigenvalue weighted by atomic mass is 16.6. The Hall–Kier alpha value is -1.80. The number of hydrogen-bond acceptors (Lipinski definition) is 6. The lowest BCUT2D eigenvalue weighted by atomic mass is 10.3. The minimum absolute atomic E-state index is 0.585. The summed E-state index contributed by atoms with van der Waals surface area (Å²) < 4.78 is 0. The van der Waals surface area contributed by atoms with Crippen molar-refractivity contribution >= 4 is 0 Å². The molecule has 0 bridgehead atoms. The predicted octanol–water partition coefficient (Wildman–Crippen LogP) is -0.708. The van der Waals surface area contributed by atoms with Crippen LogP contribution in [0.1, 0.15) is 0 Å². The first-order chi connectivity index (χ1) is 6.52. The number of allylic oxidation sites excluding steroid dienone is 2. The van der Waals surface area contributed by atoms with Crippen molar-refractivity contribution in [3.8, 4) is 0 Å². The van der Waals surface area contributed by atoms with Crippen LogP contribution in [0.5, 0.6) is 0 Å². The van der Waals surface area contributed by atoms with E-state index in [-0.39, 0.29) is 0 Å². The molecular formula is C6H8N2O6. The Labute approximate surface area is 78.1 Å². The molecule has 2 N–H and O–H groups in total. The number of aliphatic hydroxyl groups excluding tert-OH is 2. The summed E-state index contributed by atoms with van der Waals surface area (Å²) >= 11 is 0. The molecule has 0 saturated heterocycles. The van der Waals surface area contributed by atoms with Crippen molar-refractivity contribution in [1.82, 2.24) is 0 Å². The fourth-order valence-electron chi connectivity index (χ4n) is 0.535. The quantitative estimate of drug-likeness (QED) is 0.346. The van der Waals surface area contributed by atoms with Gasteiger partial charge in [-0.15, -0.1) is 0 Å². The van der Waals surface area contributed by atoms with Crippen LogP contribution in [0.4, 0.5) is 0 Å². The molecule has 0 saturated carbocycles. The minimum Gasteiger partial charge on any atom is -0.385 e. The van der Waals surface area contributed by atoms with E-state index in [2.05, 4.69) is 0 Å². The van der Waals surface area contributed by atoms with Gasteiger partial charge in [-0.3, -0.25) is 20.2 Å². The van der Waals surface area contributed by atoms with E-state index < -0.39 is 34.5 Å². The highest BCUT2D eigenvalue weighted by Crippen LogP contribution is 1.99. The zero-order valence-corrected chi connectivity index (χ0v) is 6.99. The van der Waals surface area contributed by atoms with Crippen LogP contribution in [0.25, 0.3) is 0 Å². The standard InChI is InChI=1S/C6H8N2O6/c9-3-5(7(11)12)1-2-6(4-10)8(13)14/h1-2,9-10H,3-4H2/b5-1-,6-2+. The smallest absolute Gasteiger partial charge is 0.271 e. The van der Waals surface area contributed by atoms with Gasteiger partial charge in [0, 0.05) is 12.2 Å². The van der Waals surface area contributed by atoms with Gasteiger partial charge in [0.2, 0.25) is 0 Å². The molecule has 78 valence electrons. The van der Waals surface area contributed by atoms with Crippen LogP contribution in [0, 0.1) is 20.2 Å². The second-order valence-corrected chi connectivity index (χ2v) is 2.15. The van der Waals surface area contributed by atoms with Crippen molar-refractivity contribution in [2.24, 2.45) is 0 Å². The number of rotatable bonds is 5. The molecule has 0 aromatic heterocycles. The first-order valence-corrected chi connectivity index (χ1v) is 3.43. The van der Waals surface area contributed by atoms with E-state index in [4.69, 9.17) is 10.2 Å². The van der Waals surface area contributed by atoms with Gasteiger partial charge in [0.1, 0.15) is 13.2 Å². The highest BCUT2D eigenvalue weighted by Gasteiger charge is 2.10. The fourth-order valence-corrected chi connectivity index (χ4v) is 0.535. The van der Waals surface area contributed by atoms with E-state index in [1.807, 2.05) is 0 Å². The van der Waals surface area contributed by atoms with Crippen LogP contribution in [-0.4, -0.2) is 33.3 Å². The zero-order chi connectivity index (χ0) is 11.1. The molecule has 0 radical (unpaired) electrons. The zero-order valence-electron chi connectivity index (χ0n) is 6.99. The number of aliphatic hydroxyl groups is 2. The van der Waals surface area contributed by atoms with Crippen LogP contribution in [-0.2, 0) is 0 Å². The molecule has 0 rings (SSSR count). The molecule has 14 heavy (non-hydrogen) atoms. The lowest BCUT2D eigenvalue weighted by Crippen LogP contribution is -2.05. The van der Waals surface area contributed by atoms with Crippen LogP contribution < -0.4 is 0 Å². The Bertz CT molecular complexity index is 265. The van der Waals surface area contributed by atoms with Crippen LogP contribution >= 0.6 is 0 Å². The maximum Gasteiger partial charge on any atom is 0.271 e. The molecular weight excluding hydrogens is 196 g/mol. The topological polar surface area (TPSA) is 127 Å². The Morgan fingerprint density at radius 2 is 1.29 bits per heavy atom. The summed E-state index contributed by atoms with van der Waals surface area (Å²) in [6.45, 7) is -1.67. The van der Waals surface area contributed by atoms with E-state index in [1.165, 1.54) is 0 Å². The van der Waals surface area contributed by atoms with E-state index in [0.717, 1.165) is 12.2 Å². The van der Waals surface area contributed by atoms with Gasteiger partial charge < -0.3 is 10.2 Å². The van der Waals surface area contributed by atoms with E-state index >= 15 is 0 Å². The third kappa shape index (κ3) is 3.74. The molecule has 0 heterocycles. The molecule has 0 spiro atoms. The van der Waals surface area contributed by atoms with Gasteiger partial charge in [0.05, 0.1) is 9.85 Å². The Morgan fingerprint density at radius 3 is 1.43 bits per heavy atom. The van der Waals surface area contributed by atoms with Crippen molar-refractivity contribution in [2.45, 2.75) is 0 Å². The summed E-state index contributed by atoms with van der Waals surface area (Å²) in [5.74, 6) is 0. The van der Waals surface area contributed by atoms with Gasteiger partial charge in [-0.05, 0) is 0 Å². The fraction of sp³-hybridized carbons (Fsp3) is 0.333. The summed E-state index contributed by atoms with van der Waals surface area (Å²) in [4.78, 5) is 18.5. The monoisotopic (exact) mass is 204 g/mol. The van der Waals surface area contributed by atoms with Gasteiger partial charge in [0.25, 0.3) is 11.4 Å². The van der Waals surface area contributed by atoms with Gasteiger partial charge in [-0.1, -0.05) is 0 Å². The highest BCUT2D eigenvalue weighted by molar-refractivity contribution is 5.10. The van der Waals surface area contributed by atoms with Crippen molar-refractivity contribution in [3.05, 3.63) is 43.8 Å². The second-order valence-electron chi connectivity index (χ2n) is 2.15. The van der Waals surface area contributed by atoms with E-state index in [0.29, 0.717) is 0 Å². The molecule has 0 unspecified atom stereocenters. The molecule has 8 heteroatoms. The van der Waals surface area contributed by atoms with Crippen molar-refractivity contribution in [3.63, 3.8) is 0 Å². The van der Waals surface area contributed by atoms with Crippen molar-refractivity contribution in [2.75, 3.05) is 13.2 Å². The molecule has 0 aliphatic rings. The number of hydrogen-bond donors (Lipinski definition) is 2. The molecule has 0 fully saturated rings. The molecule has 0 atom stereocenters. The van der Waals surface area contributed by atoms with Crippen molar-refractivity contribution < 1.29 is 20.1 Å². The van der Waals surface area contributed by atoms with Crippen molar-refractivity contribution in [1.29, 1.82) is 0 Å². The second kappa shape index (κ2) is 5.78. The normalized spacial score (nSPS) is 12.7. The van der Waals surface area contributed by atoms with Gasteiger partial charge in [-0.2, -0.15) is 0 Å². The summed E-state index contributed by atoms with van der Waals surface area (Å²) in [6, 6.07) is 0. The first-order valence-electron chi connectivity index (χ1n) is 3.43. The molecule has 0 amide bonds. The van der Waals surface area contributed by atoms with Crippen LogP contribution in [0.15, 0.2) is 23.5 Å². The van der Waals surface area contributed by atoms with Gasteiger partial charge in [-0.25, -0.2) is 0 Å². The van der Waals surface area contributed by atoms with E-state index in [9.17, 15) is 20.2 Å². The Kier molecular flexibility index (Phi) is 5.04. The molecule has 0 aromatic rings. The maximum absolute atomic E-state index is 10.1. The maximum atomic E-state index is 10.1. The third-order valence-corrected chi connectivity index (χ3v) is 1.26. The van der Waals surface area contributed by atoms with Gasteiger partial charge >= 0.3 is 0 Å². The molecule has 0 aliphatic heterocycles. The number of nitro groups is 2. The lowest BCUT2D eigenvalue weighted by Gasteiger charge is -1.91. The number of nitrogens with zero attached hydrogens (tertiary/aromatic N) is 2. The molecule has 0 aromatic carbocycles. The molecule has 0 aliphatic carbocycles. The van der Waals surface area contributed by atoms with Crippen LogP contribution in [0.3, 0.4) is 0 Å². The SMILES string of the molecule is O=[N+]([O-])/C(=C\C=C(/CO)[N+](=O)[O-])CO. The lowest BCUT2D eigenvalue weighted by molar-refractivity contribution is -0.432. The van der Waals surface area contributed by atoms with Crippen LogP contribution in [0.2, 0.25) is 0 Å². The minimum atomic E-state index is -0.870. The summed E-state index contributed by atoms with van der Waals surface area (Å²) in [7, 11) is 0. The summed E-state index contributed by atoms with van der Waals surface area (Å²) in [5, 5.41) is 37.1. The third-order valence-electron chi connectivity index (χ3n) is 1.26. The first kappa shape index (κ1) is 12.2. The Morgan fingerprint density at radius 1 is 1.00 bits per heavy atom. The average Bonchev–Trinajstić information content (AvgIpc) is 2.11. The average molecular weight is 204 g/mol. The molecule has 8 nitrogen and oxygen atoms in total.